The highest BCUT2D eigenvalue weighted by molar-refractivity contribution is 7.89. The SMILES string of the molecule is Cc1ncc(S(=O)(=O)NC2CCCC(C)C2C)[nH]1. The predicted molar refractivity (Wildman–Crippen MR) is 69.6 cm³/mol. The number of aromatic amines is 1. The van der Waals surface area contributed by atoms with Crippen molar-refractivity contribution in [2.45, 2.75) is 51.1 Å². The Morgan fingerprint density at radius 2 is 2.11 bits per heavy atom. The second-order valence-corrected chi connectivity index (χ2v) is 7.01. The zero-order valence-electron chi connectivity index (χ0n) is 11.1. The van der Waals surface area contributed by atoms with Crippen molar-refractivity contribution in [2.24, 2.45) is 11.8 Å². The topological polar surface area (TPSA) is 74.8 Å². The first-order chi connectivity index (χ1) is 8.40. The maximum absolute atomic E-state index is 12.2. The van der Waals surface area contributed by atoms with Crippen molar-refractivity contribution in [3.63, 3.8) is 0 Å². The molecule has 3 unspecified atom stereocenters. The third kappa shape index (κ3) is 2.75. The Hall–Kier alpha value is -0.880. The molecular weight excluding hydrogens is 250 g/mol. The Morgan fingerprint density at radius 3 is 2.72 bits per heavy atom. The van der Waals surface area contributed by atoms with Gasteiger partial charge >= 0.3 is 0 Å². The summed E-state index contributed by atoms with van der Waals surface area (Å²) in [6, 6.07) is 0.0300. The molecule has 2 rings (SSSR count). The minimum Gasteiger partial charge on any atom is -0.332 e. The number of nitrogens with one attached hydrogen (secondary N) is 2. The van der Waals surface area contributed by atoms with E-state index in [9.17, 15) is 8.42 Å². The zero-order valence-corrected chi connectivity index (χ0v) is 11.9. The molecular formula is C12H21N3O2S. The Kier molecular flexibility index (Phi) is 3.77. The van der Waals surface area contributed by atoms with Gasteiger partial charge in [0.2, 0.25) is 0 Å². The molecule has 0 radical (unpaired) electrons. The number of sulfonamides is 1. The molecule has 0 amide bonds. The third-order valence-electron chi connectivity index (χ3n) is 3.98. The van der Waals surface area contributed by atoms with Gasteiger partial charge in [-0.1, -0.05) is 26.7 Å². The van der Waals surface area contributed by atoms with Crippen molar-refractivity contribution in [2.75, 3.05) is 0 Å². The van der Waals surface area contributed by atoms with Crippen molar-refractivity contribution in [3.05, 3.63) is 12.0 Å². The van der Waals surface area contributed by atoms with Crippen molar-refractivity contribution >= 4 is 10.0 Å². The standard InChI is InChI=1S/C12H21N3O2S/c1-8-5-4-6-11(9(8)2)15-18(16,17)12-7-13-10(3)14-12/h7-9,11,15H,4-6H2,1-3H3,(H,13,14). The minimum atomic E-state index is -3.46. The molecule has 18 heavy (non-hydrogen) atoms. The van der Waals surface area contributed by atoms with Crippen LogP contribution in [-0.2, 0) is 10.0 Å². The van der Waals surface area contributed by atoms with Gasteiger partial charge in [0.05, 0.1) is 6.20 Å². The molecule has 0 saturated heterocycles. The van der Waals surface area contributed by atoms with Crippen LogP contribution in [-0.4, -0.2) is 24.4 Å². The Balaban J connectivity index is 2.13. The Bertz CT molecular complexity index is 509. The van der Waals surface area contributed by atoms with Gasteiger partial charge < -0.3 is 4.98 Å². The summed E-state index contributed by atoms with van der Waals surface area (Å²) in [5.41, 5.74) is 0. The van der Waals surface area contributed by atoms with Gasteiger partial charge in [0, 0.05) is 6.04 Å². The highest BCUT2D eigenvalue weighted by Crippen LogP contribution is 2.30. The molecule has 1 aliphatic rings. The van der Waals surface area contributed by atoms with Crippen LogP contribution < -0.4 is 4.72 Å². The molecule has 0 spiro atoms. The maximum atomic E-state index is 12.2. The van der Waals surface area contributed by atoms with Crippen LogP contribution in [0.1, 0.15) is 38.9 Å². The van der Waals surface area contributed by atoms with E-state index >= 15 is 0 Å². The molecule has 102 valence electrons. The number of hydrogen-bond donors (Lipinski definition) is 2. The van der Waals surface area contributed by atoms with Gasteiger partial charge in [-0.15, -0.1) is 0 Å². The first-order valence-corrected chi connectivity index (χ1v) is 7.92. The lowest BCUT2D eigenvalue weighted by atomic mass is 9.78. The molecule has 0 aliphatic heterocycles. The average molecular weight is 271 g/mol. The van der Waals surface area contributed by atoms with Crippen molar-refractivity contribution < 1.29 is 8.42 Å². The normalized spacial score (nSPS) is 29.4. The van der Waals surface area contributed by atoms with Gasteiger partial charge in [-0.25, -0.2) is 18.1 Å². The van der Waals surface area contributed by atoms with Gasteiger partial charge in [0.15, 0.2) is 5.03 Å². The molecule has 3 atom stereocenters. The van der Waals surface area contributed by atoms with Crippen LogP contribution in [0.25, 0.3) is 0 Å². The number of hydrogen-bond acceptors (Lipinski definition) is 3. The predicted octanol–water partition coefficient (Wildman–Crippen LogP) is 1.82. The number of H-pyrrole nitrogens is 1. The van der Waals surface area contributed by atoms with Gasteiger partial charge in [0.25, 0.3) is 10.0 Å². The molecule has 1 saturated carbocycles. The summed E-state index contributed by atoms with van der Waals surface area (Å²) < 4.78 is 27.2. The fourth-order valence-electron chi connectivity index (χ4n) is 2.55. The number of aromatic nitrogens is 2. The fraction of sp³-hybridized carbons (Fsp3) is 0.750. The summed E-state index contributed by atoms with van der Waals surface area (Å²) in [6.07, 6.45) is 4.55. The zero-order chi connectivity index (χ0) is 13.3. The lowest BCUT2D eigenvalue weighted by Gasteiger charge is -2.34. The van der Waals surface area contributed by atoms with Crippen LogP contribution >= 0.6 is 0 Å². The highest BCUT2D eigenvalue weighted by Gasteiger charge is 2.31. The summed E-state index contributed by atoms with van der Waals surface area (Å²) in [7, 11) is -3.46. The fourth-order valence-corrected chi connectivity index (χ4v) is 3.88. The molecule has 1 aromatic rings. The molecule has 5 nitrogen and oxygen atoms in total. The second kappa shape index (κ2) is 5.01. The van der Waals surface area contributed by atoms with E-state index < -0.39 is 10.0 Å². The van der Waals surface area contributed by atoms with Gasteiger partial charge in [-0.05, 0) is 25.2 Å². The Labute approximate surface area is 108 Å². The number of rotatable bonds is 3. The lowest BCUT2D eigenvalue weighted by molar-refractivity contribution is 0.227. The summed E-state index contributed by atoms with van der Waals surface area (Å²) in [5.74, 6) is 1.55. The maximum Gasteiger partial charge on any atom is 0.257 e. The summed E-state index contributed by atoms with van der Waals surface area (Å²) in [4.78, 5) is 6.71. The molecule has 1 aromatic heterocycles. The van der Waals surface area contributed by atoms with Gasteiger partial charge in [0.1, 0.15) is 5.82 Å². The van der Waals surface area contributed by atoms with Gasteiger partial charge in [-0.2, -0.15) is 0 Å². The number of nitrogens with zero attached hydrogens (tertiary/aromatic N) is 1. The monoisotopic (exact) mass is 271 g/mol. The van der Waals surface area contributed by atoms with Crippen LogP contribution in [0.2, 0.25) is 0 Å². The number of aryl methyl sites for hydroxylation is 1. The van der Waals surface area contributed by atoms with E-state index in [2.05, 4.69) is 28.5 Å². The van der Waals surface area contributed by atoms with Crippen molar-refractivity contribution in [1.29, 1.82) is 0 Å². The molecule has 1 fully saturated rings. The number of imidazole rings is 1. The molecule has 0 bridgehead atoms. The summed E-state index contributed by atoms with van der Waals surface area (Å²) in [5, 5.41) is 0.158. The van der Waals surface area contributed by atoms with E-state index in [-0.39, 0.29) is 11.1 Å². The lowest BCUT2D eigenvalue weighted by Crippen LogP contribution is -2.43. The van der Waals surface area contributed by atoms with Crippen molar-refractivity contribution in [1.82, 2.24) is 14.7 Å². The molecule has 0 aromatic carbocycles. The minimum absolute atomic E-state index is 0.0300. The molecule has 2 N–H and O–H groups in total. The van der Waals surface area contributed by atoms with E-state index in [0.717, 1.165) is 12.8 Å². The van der Waals surface area contributed by atoms with E-state index in [1.54, 1.807) is 6.92 Å². The van der Waals surface area contributed by atoms with Crippen LogP contribution in [0.5, 0.6) is 0 Å². The first kappa shape index (κ1) is 13.5. The van der Waals surface area contributed by atoms with Gasteiger partial charge in [-0.3, -0.25) is 0 Å². The molecule has 1 heterocycles. The largest absolute Gasteiger partial charge is 0.332 e. The smallest absolute Gasteiger partial charge is 0.257 e. The van der Waals surface area contributed by atoms with Crippen LogP contribution in [0.4, 0.5) is 0 Å². The summed E-state index contributed by atoms with van der Waals surface area (Å²) >= 11 is 0. The van der Waals surface area contributed by atoms with Crippen LogP contribution in [0, 0.1) is 18.8 Å². The quantitative estimate of drug-likeness (QED) is 0.880. The van der Waals surface area contributed by atoms with E-state index in [0.29, 0.717) is 17.7 Å². The van der Waals surface area contributed by atoms with E-state index in [1.165, 1.54) is 12.6 Å². The molecule has 1 aliphatic carbocycles. The average Bonchev–Trinajstić information content (AvgIpc) is 2.72. The first-order valence-electron chi connectivity index (χ1n) is 6.44. The Morgan fingerprint density at radius 1 is 1.39 bits per heavy atom. The second-order valence-electron chi connectivity index (χ2n) is 5.33. The molecule has 6 heteroatoms. The van der Waals surface area contributed by atoms with Crippen LogP contribution in [0.15, 0.2) is 11.2 Å². The van der Waals surface area contributed by atoms with E-state index in [4.69, 9.17) is 0 Å². The van der Waals surface area contributed by atoms with E-state index in [1.807, 2.05) is 0 Å². The summed E-state index contributed by atoms with van der Waals surface area (Å²) in [6.45, 7) is 6.05. The van der Waals surface area contributed by atoms with Crippen LogP contribution in [0.3, 0.4) is 0 Å². The van der Waals surface area contributed by atoms with Crippen molar-refractivity contribution in [3.8, 4) is 0 Å². The highest BCUT2D eigenvalue weighted by atomic mass is 32.2. The third-order valence-corrected chi connectivity index (χ3v) is 5.38.